The molecule has 0 rings (SSSR count). The molecule has 0 atom stereocenters. The summed E-state index contributed by atoms with van der Waals surface area (Å²) in [5.74, 6) is -0.771. The Labute approximate surface area is 76.0 Å². The summed E-state index contributed by atoms with van der Waals surface area (Å²) in [6.07, 6.45) is 1.77. The van der Waals surface area contributed by atoms with Gasteiger partial charge in [0.05, 0.1) is 0 Å². The second-order valence-corrected chi connectivity index (χ2v) is 1.55. The molecule has 0 saturated carbocycles. The van der Waals surface area contributed by atoms with Crippen molar-refractivity contribution in [3.63, 3.8) is 0 Å². The molecule has 0 aromatic carbocycles. The Bertz CT molecular complexity index is 77.4. The topological polar surface area (TPSA) is 26.3 Å². The van der Waals surface area contributed by atoms with Gasteiger partial charge in [-0.1, -0.05) is 13.3 Å². The van der Waals surface area contributed by atoms with Gasteiger partial charge in [0.1, 0.15) is 0 Å². The number of rotatable bonds is 3. The van der Waals surface area contributed by atoms with Gasteiger partial charge in [-0.2, -0.15) is 0 Å². The maximum absolute atomic E-state index is 10.9. The summed E-state index contributed by atoms with van der Waals surface area (Å²) in [6, 6.07) is 0. The molecule has 0 aliphatic rings. The van der Waals surface area contributed by atoms with Crippen LogP contribution in [0.4, 0.5) is 4.53 Å². The third-order valence-electron chi connectivity index (χ3n) is 0.821. The molecule has 4 heteroatoms. The summed E-state index contributed by atoms with van der Waals surface area (Å²) in [4.78, 5) is 12.9. The Hall–Kier alpha value is 0.400. The summed E-state index contributed by atoms with van der Waals surface area (Å²) in [7, 11) is 0. The quantitative estimate of drug-likeness (QED) is 0.555. The van der Waals surface area contributed by atoms with E-state index < -0.39 is 5.97 Å². The first kappa shape index (κ1) is 12.1. The molecule has 0 saturated heterocycles. The number of carbonyl (C=O) groups is 1. The van der Waals surface area contributed by atoms with Crippen LogP contribution in [0.2, 0.25) is 0 Å². The van der Waals surface area contributed by atoms with E-state index in [1.807, 2.05) is 6.92 Å². The molecule has 0 amide bonds. The minimum Gasteiger partial charge on any atom is -0.255 e. The molecular weight excluding hydrogens is 134 g/mol. The van der Waals surface area contributed by atoms with Gasteiger partial charge in [-0.3, -0.25) is 4.94 Å². The molecule has 0 spiro atoms. The third kappa shape index (κ3) is 8.40. The average molecular weight is 143 g/mol. The number of halogens is 1. The van der Waals surface area contributed by atoms with E-state index in [0.717, 1.165) is 6.42 Å². The molecule has 0 heterocycles. The van der Waals surface area contributed by atoms with Crippen LogP contribution in [0.5, 0.6) is 0 Å². The van der Waals surface area contributed by atoms with Crippen LogP contribution < -0.4 is 0 Å². The van der Waals surface area contributed by atoms with Gasteiger partial charge in [-0.25, -0.2) is 4.79 Å². The Morgan fingerprint density at radius 1 is 1.67 bits per heavy atom. The van der Waals surface area contributed by atoms with Crippen molar-refractivity contribution in [3.05, 3.63) is 0 Å². The first-order chi connectivity index (χ1) is 3.81. The minimum atomic E-state index is -0.771. The zero-order valence-corrected chi connectivity index (χ0v) is 7.82. The van der Waals surface area contributed by atoms with E-state index in [9.17, 15) is 9.32 Å². The monoisotopic (exact) mass is 143 g/mol. The molecule has 9 heavy (non-hydrogen) atoms. The molecule has 2 nitrogen and oxygen atoms in total. The molecule has 0 fully saturated rings. The molecule has 0 aliphatic heterocycles. The number of carbonyl (C=O) groups excluding carboxylic acids is 1. The van der Waals surface area contributed by atoms with E-state index in [0.29, 0.717) is 6.42 Å². The minimum absolute atomic E-state index is 0. The third-order valence-corrected chi connectivity index (χ3v) is 0.821. The fraction of sp³-hybridized carbons (Fsp3) is 0.800. The number of unbranched alkanes of at least 4 members (excludes halogenated alkanes) is 1. The SMILES string of the molecule is CCCCC(=O)OF.[Na]. The molecule has 49 valence electrons. The van der Waals surface area contributed by atoms with Crippen LogP contribution in [0.25, 0.3) is 0 Å². The number of hydrogen-bond donors (Lipinski definition) is 0. The second-order valence-electron chi connectivity index (χ2n) is 1.55. The van der Waals surface area contributed by atoms with Crippen LogP contribution in [0.15, 0.2) is 0 Å². The Morgan fingerprint density at radius 3 is 2.56 bits per heavy atom. The number of hydrogen-bond acceptors (Lipinski definition) is 2. The van der Waals surface area contributed by atoms with Crippen LogP contribution in [-0.2, 0) is 9.74 Å². The second kappa shape index (κ2) is 8.40. The van der Waals surface area contributed by atoms with Gasteiger partial charge in [0.15, 0.2) is 0 Å². The molecule has 0 N–H and O–H groups in total. The van der Waals surface area contributed by atoms with Crippen LogP contribution in [0.1, 0.15) is 26.2 Å². The normalized spacial score (nSPS) is 7.78. The van der Waals surface area contributed by atoms with Crippen LogP contribution in [-0.4, -0.2) is 35.5 Å². The van der Waals surface area contributed by atoms with Gasteiger partial charge in [0.25, 0.3) is 0 Å². The van der Waals surface area contributed by atoms with Gasteiger partial charge in [-0.15, -0.1) is 0 Å². The van der Waals surface area contributed by atoms with Gasteiger partial charge >= 0.3 is 5.97 Å². The van der Waals surface area contributed by atoms with Crippen molar-refractivity contribution < 1.29 is 14.3 Å². The molecule has 0 aromatic rings. The van der Waals surface area contributed by atoms with E-state index >= 15 is 0 Å². The molecule has 0 aromatic heterocycles. The maximum atomic E-state index is 10.9. The summed E-state index contributed by atoms with van der Waals surface area (Å²) >= 11 is 0. The Kier molecular flexibility index (Phi) is 11.3. The van der Waals surface area contributed by atoms with Gasteiger partial charge in [0, 0.05) is 40.5 Å². The van der Waals surface area contributed by atoms with Gasteiger partial charge < -0.3 is 0 Å². The molecule has 0 aliphatic carbocycles. The maximum Gasteiger partial charge on any atom is 0.348 e. The zero-order chi connectivity index (χ0) is 6.41. The van der Waals surface area contributed by atoms with Gasteiger partial charge in [-0.05, 0) is 6.42 Å². The van der Waals surface area contributed by atoms with E-state index in [1.165, 1.54) is 0 Å². The van der Waals surface area contributed by atoms with Crippen molar-refractivity contribution in [1.29, 1.82) is 0 Å². The van der Waals surface area contributed by atoms with Crippen LogP contribution in [0, 0.1) is 0 Å². The van der Waals surface area contributed by atoms with Gasteiger partial charge in [0.2, 0.25) is 0 Å². The molecule has 1 radical (unpaired) electrons. The predicted molar refractivity (Wildman–Crippen MR) is 32.5 cm³/mol. The van der Waals surface area contributed by atoms with Crippen molar-refractivity contribution >= 4 is 35.5 Å². The van der Waals surface area contributed by atoms with Crippen LogP contribution in [0.3, 0.4) is 0 Å². The largest absolute Gasteiger partial charge is 0.348 e. The van der Waals surface area contributed by atoms with Crippen LogP contribution >= 0.6 is 0 Å². The fourth-order valence-electron chi connectivity index (χ4n) is 0.360. The summed E-state index contributed by atoms with van der Waals surface area (Å²) in [6.45, 7) is 1.92. The van der Waals surface area contributed by atoms with E-state index in [2.05, 4.69) is 4.94 Å². The Morgan fingerprint density at radius 2 is 2.22 bits per heavy atom. The van der Waals surface area contributed by atoms with Crippen molar-refractivity contribution in [2.45, 2.75) is 26.2 Å². The summed E-state index contributed by atoms with van der Waals surface area (Å²) < 4.78 is 10.9. The van der Waals surface area contributed by atoms with E-state index in [1.54, 1.807) is 0 Å². The molecule has 0 bridgehead atoms. The van der Waals surface area contributed by atoms with Crippen molar-refractivity contribution in [3.8, 4) is 0 Å². The molecular formula is C5H9FNaO2. The molecule has 0 unspecified atom stereocenters. The smallest absolute Gasteiger partial charge is 0.255 e. The summed E-state index contributed by atoms with van der Waals surface area (Å²) in [5, 5.41) is 0. The predicted octanol–water partition coefficient (Wildman–Crippen LogP) is 1.22. The fourth-order valence-corrected chi connectivity index (χ4v) is 0.360. The Balaban J connectivity index is 0. The van der Waals surface area contributed by atoms with E-state index in [-0.39, 0.29) is 36.0 Å². The first-order valence-electron chi connectivity index (χ1n) is 2.62. The van der Waals surface area contributed by atoms with E-state index in [4.69, 9.17) is 0 Å². The standard InChI is InChI=1S/C5H9FO2.Na/c1-2-3-4-5(7)8-6;/h2-4H2,1H3;. The van der Waals surface area contributed by atoms with Crippen molar-refractivity contribution in [2.24, 2.45) is 0 Å². The van der Waals surface area contributed by atoms with Crippen molar-refractivity contribution in [1.82, 2.24) is 0 Å². The van der Waals surface area contributed by atoms with Crippen molar-refractivity contribution in [2.75, 3.05) is 0 Å². The summed E-state index contributed by atoms with van der Waals surface area (Å²) in [5.41, 5.74) is 0. The average Bonchev–Trinajstić information content (AvgIpc) is 1.83. The zero-order valence-electron chi connectivity index (χ0n) is 5.82. The first-order valence-corrected chi connectivity index (χ1v) is 2.62.